The smallest absolute Gasteiger partial charge is 0.266 e. The second-order valence-electron chi connectivity index (χ2n) is 8.44. The minimum atomic E-state index is -0.653. The summed E-state index contributed by atoms with van der Waals surface area (Å²) in [5.74, 6) is 0.444. The number of carbonyl (C=O) groups is 3. The molecular weight excluding hydrogens is 468 g/mol. The van der Waals surface area contributed by atoms with Crippen LogP contribution in [0.2, 0.25) is 0 Å². The molecule has 1 heterocycles. The molecule has 1 atom stereocenters. The van der Waals surface area contributed by atoms with Crippen molar-refractivity contribution in [3.05, 3.63) is 114 Å². The van der Waals surface area contributed by atoms with Crippen molar-refractivity contribution in [2.24, 2.45) is 0 Å². The van der Waals surface area contributed by atoms with Crippen molar-refractivity contribution >= 4 is 29.1 Å². The van der Waals surface area contributed by atoms with Crippen molar-refractivity contribution in [2.75, 3.05) is 10.2 Å². The highest BCUT2D eigenvalue weighted by atomic mass is 16.5. The lowest BCUT2D eigenvalue weighted by Crippen LogP contribution is -2.32. The second kappa shape index (κ2) is 10.4. The average molecular weight is 493 g/mol. The van der Waals surface area contributed by atoms with Gasteiger partial charge < -0.3 is 14.8 Å². The van der Waals surface area contributed by atoms with Crippen molar-refractivity contribution in [3.8, 4) is 17.2 Å². The van der Waals surface area contributed by atoms with Crippen LogP contribution in [0.4, 0.5) is 11.4 Å². The summed E-state index contributed by atoms with van der Waals surface area (Å²) in [7, 11) is 0. The van der Waals surface area contributed by atoms with E-state index in [0.717, 1.165) is 4.90 Å². The number of nitrogens with zero attached hydrogens (tertiary/aromatic N) is 1. The van der Waals surface area contributed by atoms with Crippen molar-refractivity contribution in [1.29, 1.82) is 0 Å². The molecule has 4 aromatic rings. The summed E-state index contributed by atoms with van der Waals surface area (Å²) in [4.78, 5) is 39.8. The zero-order valence-electron chi connectivity index (χ0n) is 20.1. The molecule has 5 rings (SSSR count). The number of fused-ring (bicyclic) bond motifs is 1. The van der Waals surface area contributed by atoms with Crippen LogP contribution in [0.5, 0.6) is 17.2 Å². The Hall–Kier alpha value is -4.91. The molecule has 37 heavy (non-hydrogen) atoms. The maximum absolute atomic E-state index is 13.0. The van der Waals surface area contributed by atoms with Gasteiger partial charge in [0.1, 0.15) is 17.2 Å². The first kappa shape index (κ1) is 23.8. The SMILES string of the molecule is CC[C@H](Oc1ccccc1)C(=O)Nc1cccc(Oc2ccc3c(c2)C(=O)N(c2ccccc2)C3=O)c1. The van der Waals surface area contributed by atoms with Crippen molar-refractivity contribution in [3.63, 3.8) is 0 Å². The van der Waals surface area contributed by atoms with Gasteiger partial charge in [-0.15, -0.1) is 0 Å². The summed E-state index contributed by atoms with van der Waals surface area (Å²) >= 11 is 0. The average Bonchev–Trinajstić information content (AvgIpc) is 3.17. The number of amides is 3. The van der Waals surface area contributed by atoms with E-state index in [2.05, 4.69) is 5.32 Å². The second-order valence-corrected chi connectivity index (χ2v) is 8.44. The Morgan fingerprint density at radius 2 is 1.41 bits per heavy atom. The molecule has 0 spiro atoms. The molecule has 7 heteroatoms. The molecule has 0 bridgehead atoms. The fourth-order valence-corrected chi connectivity index (χ4v) is 4.08. The fraction of sp³-hybridized carbons (Fsp3) is 0.100. The summed E-state index contributed by atoms with van der Waals surface area (Å²) in [6, 6.07) is 29.7. The van der Waals surface area contributed by atoms with Crippen LogP contribution < -0.4 is 19.7 Å². The molecule has 0 aromatic heterocycles. The van der Waals surface area contributed by atoms with E-state index in [9.17, 15) is 14.4 Å². The number of hydrogen-bond acceptors (Lipinski definition) is 5. The van der Waals surface area contributed by atoms with Crippen LogP contribution in [0.25, 0.3) is 0 Å². The lowest BCUT2D eigenvalue weighted by molar-refractivity contribution is -0.122. The number of rotatable bonds is 8. The molecule has 0 aliphatic carbocycles. The number of hydrogen-bond donors (Lipinski definition) is 1. The van der Waals surface area contributed by atoms with Crippen molar-refractivity contribution in [2.45, 2.75) is 19.4 Å². The Balaban J connectivity index is 1.29. The first-order valence-corrected chi connectivity index (χ1v) is 11.9. The van der Waals surface area contributed by atoms with Crippen LogP contribution in [-0.4, -0.2) is 23.8 Å². The molecule has 7 nitrogen and oxygen atoms in total. The predicted molar refractivity (Wildman–Crippen MR) is 140 cm³/mol. The van der Waals surface area contributed by atoms with Crippen LogP contribution >= 0.6 is 0 Å². The highest BCUT2D eigenvalue weighted by Crippen LogP contribution is 2.32. The van der Waals surface area contributed by atoms with Crippen LogP contribution in [0.15, 0.2) is 103 Å². The van der Waals surface area contributed by atoms with Gasteiger partial charge in [0.2, 0.25) is 0 Å². The number of carbonyl (C=O) groups excluding carboxylic acids is 3. The highest BCUT2D eigenvalue weighted by Gasteiger charge is 2.36. The van der Waals surface area contributed by atoms with Gasteiger partial charge in [-0.05, 0) is 61.0 Å². The van der Waals surface area contributed by atoms with Gasteiger partial charge >= 0.3 is 0 Å². The Kier molecular flexibility index (Phi) is 6.68. The highest BCUT2D eigenvalue weighted by molar-refractivity contribution is 6.34. The van der Waals surface area contributed by atoms with E-state index in [4.69, 9.17) is 9.47 Å². The number of benzene rings is 4. The zero-order valence-corrected chi connectivity index (χ0v) is 20.1. The van der Waals surface area contributed by atoms with E-state index < -0.39 is 12.0 Å². The maximum Gasteiger partial charge on any atom is 0.266 e. The van der Waals surface area contributed by atoms with Gasteiger partial charge in [0.05, 0.1) is 16.8 Å². The van der Waals surface area contributed by atoms with Gasteiger partial charge in [-0.2, -0.15) is 0 Å². The topological polar surface area (TPSA) is 84.9 Å². The number of para-hydroxylation sites is 2. The quantitative estimate of drug-likeness (QED) is 0.302. The molecule has 0 unspecified atom stereocenters. The first-order valence-electron chi connectivity index (χ1n) is 11.9. The van der Waals surface area contributed by atoms with Gasteiger partial charge in [-0.3, -0.25) is 14.4 Å². The third kappa shape index (κ3) is 5.06. The van der Waals surface area contributed by atoms with Gasteiger partial charge in [0.15, 0.2) is 6.10 Å². The van der Waals surface area contributed by atoms with Crippen molar-refractivity contribution < 1.29 is 23.9 Å². The summed E-state index contributed by atoms with van der Waals surface area (Å²) in [5, 5.41) is 2.87. The largest absolute Gasteiger partial charge is 0.481 e. The molecule has 1 aliphatic heterocycles. The number of nitrogens with one attached hydrogen (secondary N) is 1. The molecular formula is C30H24N2O5. The van der Waals surface area contributed by atoms with E-state index in [1.165, 1.54) is 0 Å². The standard InChI is InChI=1S/C30H24N2O5/c1-2-27(37-22-13-7-4-8-14-22)28(33)31-20-10-9-15-23(18-20)36-24-16-17-25-26(19-24)30(35)32(29(25)34)21-11-5-3-6-12-21/h3-19,27H,2H2,1H3,(H,31,33)/t27-/m0/s1. The van der Waals surface area contributed by atoms with Gasteiger partial charge in [0.25, 0.3) is 17.7 Å². The van der Waals surface area contributed by atoms with Crippen LogP contribution in [0, 0.1) is 0 Å². The molecule has 1 N–H and O–H groups in total. The summed E-state index contributed by atoms with van der Waals surface area (Å²) < 4.78 is 11.8. The summed E-state index contributed by atoms with van der Waals surface area (Å²) in [6.07, 6.45) is -0.154. The summed E-state index contributed by atoms with van der Waals surface area (Å²) in [5.41, 5.74) is 1.66. The minimum Gasteiger partial charge on any atom is -0.481 e. The summed E-state index contributed by atoms with van der Waals surface area (Å²) in [6.45, 7) is 1.88. The zero-order chi connectivity index (χ0) is 25.8. The van der Waals surface area contributed by atoms with Crippen molar-refractivity contribution in [1.82, 2.24) is 0 Å². The lowest BCUT2D eigenvalue weighted by Gasteiger charge is -2.17. The molecule has 0 radical (unpaired) electrons. The van der Waals surface area contributed by atoms with E-state index >= 15 is 0 Å². The molecule has 184 valence electrons. The monoisotopic (exact) mass is 492 g/mol. The van der Waals surface area contributed by atoms with Gasteiger partial charge in [-0.25, -0.2) is 4.90 Å². The number of ether oxygens (including phenoxy) is 2. The molecule has 0 fully saturated rings. The third-order valence-corrected chi connectivity index (χ3v) is 5.89. The van der Waals surface area contributed by atoms with E-state index in [1.807, 2.05) is 31.2 Å². The number of imide groups is 1. The lowest BCUT2D eigenvalue weighted by atomic mass is 10.1. The van der Waals surface area contributed by atoms with Crippen LogP contribution in [0.3, 0.4) is 0 Å². The maximum atomic E-state index is 13.0. The van der Waals surface area contributed by atoms with Crippen LogP contribution in [-0.2, 0) is 4.79 Å². The first-order chi connectivity index (χ1) is 18.0. The fourth-order valence-electron chi connectivity index (χ4n) is 4.08. The minimum absolute atomic E-state index is 0.272. The number of anilines is 2. The molecule has 3 amide bonds. The Bertz CT molecular complexity index is 1450. The molecule has 0 saturated heterocycles. The van der Waals surface area contributed by atoms with Gasteiger partial charge in [-0.1, -0.05) is 49.4 Å². The van der Waals surface area contributed by atoms with E-state index in [-0.39, 0.29) is 17.4 Å². The third-order valence-electron chi connectivity index (χ3n) is 5.89. The van der Waals surface area contributed by atoms with Crippen LogP contribution in [0.1, 0.15) is 34.1 Å². The van der Waals surface area contributed by atoms with Gasteiger partial charge in [0, 0.05) is 11.8 Å². The molecule has 4 aromatic carbocycles. The Morgan fingerprint density at radius 3 is 2.14 bits per heavy atom. The molecule has 1 aliphatic rings. The van der Waals surface area contributed by atoms with E-state index in [1.54, 1.807) is 78.9 Å². The van der Waals surface area contributed by atoms with E-state index in [0.29, 0.717) is 40.6 Å². The Labute approximate surface area is 214 Å². The Morgan fingerprint density at radius 1 is 0.757 bits per heavy atom. The molecule has 0 saturated carbocycles. The normalized spacial score (nSPS) is 13.2. The predicted octanol–water partition coefficient (Wildman–Crippen LogP) is 6.08.